The number of hydrogen-bond donors (Lipinski definition) is 1. The number of aryl methyl sites for hydroxylation is 1. The Morgan fingerprint density at radius 1 is 1.27 bits per heavy atom. The molecule has 12 heteroatoms. The maximum absolute atomic E-state index is 12.5. The predicted molar refractivity (Wildman–Crippen MR) is 61.1 cm³/mol. The first-order valence-corrected chi connectivity index (χ1v) is 5.52. The fourth-order valence-electron chi connectivity index (χ4n) is 1.61. The molecule has 0 aliphatic rings. The average molecular weight is 326 g/mol. The van der Waals surface area contributed by atoms with Gasteiger partial charge in [-0.05, 0) is 0 Å². The topological polar surface area (TPSA) is 81.9 Å². The normalized spacial score (nSPS) is 12.0. The molecule has 0 fully saturated rings. The lowest BCUT2D eigenvalue weighted by molar-refractivity contribution is -0.141. The van der Waals surface area contributed by atoms with E-state index in [0.717, 1.165) is 10.7 Å². The number of nitrogens with one attached hydrogen (secondary N) is 1. The van der Waals surface area contributed by atoms with E-state index < -0.39 is 41.4 Å². The van der Waals surface area contributed by atoms with Crippen molar-refractivity contribution in [3.05, 3.63) is 38.7 Å². The first kappa shape index (κ1) is 15.7. The molecule has 0 saturated heterocycles. The quantitative estimate of drug-likeness (QED) is 0.849. The van der Waals surface area contributed by atoms with Crippen LogP contribution < -0.4 is 16.0 Å². The highest BCUT2D eigenvalue weighted by atomic mass is 19.4. The number of hydrogen-bond acceptors (Lipinski definition) is 4. The average Bonchev–Trinajstić information content (AvgIpc) is 2.67. The predicted octanol–water partition coefficient (Wildman–Crippen LogP) is 0.879. The van der Waals surface area contributed by atoms with Crippen LogP contribution in [-0.2, 0) is 13.2 Å². The molecule has 0 spiro atoms. The van der Waals surface area contributed by atoms with Crippen LogP contribution in [-0.4, -0.2) is 25.9 Å². The molecule has 120 valence electrons. The zero-order valence-electron chi connectivity index (χ0n) is 10.7. The van der Waals surface area contributed by atoms with Crippen LogP contribution in [0.3, 0.4) is 0 Å². The molecule has 1 N–H and O–H groups in total. The summed E-state index contributed by atoms with van der Waals surface area (Å²) in [4.78, 5) is 24.7. The zero-order valence-corrected chi connectivity index (χ0v) is 10.7. The van der Waals surface area contributed by atoms with Crippen molar-refractivity contribution in [2.24, 2.45) is 7.05 Å². The molecule has 0 radical (unpaired) electrons. The van der Waals surface area contributed by atoms with Crippen LogP contribution in [0.1, 0.15) is 5.69 Å². The standard InChI is InChI=1S/C10H7F5N4O3/c1-18-7(22-8(11)12)3-5(17-18)19-6(20)2-4(10(13,14)15)16-9(19)21/h2-3,8H,1H3,(H,16,21). The van der Waals surface area contributed by atoms with Gasteiger partial charge in [-0.1, -0.05) is 0 Å². The van der Waals surface area contributed by atoms with E-state index in [4.69, 9.17) is 0 Å². The van der Waals surface area contributed by atoms with Gasteiger partial charge in [-0.3, -0.25) is 4.79 Å². The van der Waals surface area contributed by atoms with Gasteiger partial charge in [-0.15, -0.1) is 0 Å². The summed E-state index contributed by atoms with van der Waals surface area (Å²) in [7, 11) is 1.19. The highest BCUT2D eigenvalue weighted by molar-refractivity contribution is 5.29. The summed E-state index contributed by atoms with van der Waals surface area (Å²) in [6.07, 6.45) is -4.91. The summed E-state index contributed by atoms with van der Waals surface area (Å²) < 4.78 is 66.7. The van der Waals surface area contributed by atoms with Gasteiger partial charge < -0.3 is 9.72 Å². The largest absolute Gasteiger partial charge is 0.431 e. The van der Waals surface area contributed by atoms with E-state index >= 15 is 0 Å². The van der Waals surface area contributed by atoms with Crippen molar-refractivity contribution in [3.8, 4) is 11.7 Å². The fraction of sp³-hybridized carbons (Fsp3) is 0.300. The van der Waals surface area contributed by atoms with Gasteiger partial charge >= 0.3 is 18.5 Å². The molecule has 0 unspecified atom stereocenters. The Kier molecular flexibility index (Phi) is 3.77. The lowest BCUT2D eigenvalue weighted by Gasteiger charge is -2.06. The van der Waals surface area contributed by atoms with Crippen LogP contribution in [0.25, 0.3) is 5.82 Å². The third-order valence-electron chi connectivity index (χ3n) is 2.50. The number of halogens is 5. The van der Waals surface area contributed by atoms with E-state index in [0.29, 0.717) is 0 Å². The van der Waals surface area contributed by atoms with Gasteiger partial charge in [0.15, 0.2) is 5.82 Å². The monoisotopic (exact) mass is 326 g/mol. The molecule has 0 aliphatic heterocycles. The minimum absolute atomic E-state index is 0.156. The molecule has 0 amide bonds. The van der Waals surface area contributed by atoms with Crippen molar-refractivity contribution in [3.63, 3.8) is 0 Å². The number of rotatable bonds is 3. The first-order valence-electron chi connectivity index (χ1n) is 5.52. The molecular formula is C10H7F5N4O3. The molecule has 0 aliphatic carbocycles. The van der Waals surface area contributed by atoms with Crippen molar-refractivity contribution in [1.29, 1.82) is 0 Å². The van der Waals surface area contributed by atoms with Crippen LogP contribution in [0.4, 0.5) is 22.0 Å². The molecule has 2 rings (SSSR count). The van der Waals surface area contributed by atoms with E-state index in [-0.39, 0.29) is 10.6 Å². The number of aromatic nitrogens is 4. The summed E-state index contributed by atoms with van der Waals surface area (Å²) in [5.41, 5.74) is -4.27. The van der Waals surface area contributed by atoms with Gasteiger partial charge in [0.05, 0.1) is 0 Å². The summed E-state index contributed by atoms with van der Waals surface area (Å²) in [5.74, 6) is -0.936. The van der Waals surface area contributed by atoms with Crippen molar-refractivity contribution in [2.75, 3.05) is 0 Å². The summed E-state index contributed by atoms with van der Waals surface area (Å²) in [5, 5.41) is 3.57. The minimum atomic E-state index is -4.91. The Balaban J connectivity index is 2.55. The molecule has 2 heterocycles. The van der Waals surface area contributed by atoms with Crippen LogP contribution in [0.2, 0.25) is 0 Å². The van der Waals surface area contributed by atoms with Crippen LogP contribution >= 0.6 is 0 Å². The number of H-pyrrole nitrogens is 1. The van der Waals surface area contributed by atoms with Crippen molar-refractivity contribution < 1.29 is 26.7 Å². The number of ether oxygens (including phenoxy) is 1. The third kappa shape index (κ3) is 2.99. The van der Waals surface area contributed by atoms with E-state index in [1.165, 1.54) is 12.0 Å². The van der Waals surface area contributed by atoms with Gasteiger partial charge in [0.25, 0.3) is 5.56 Å². The van der Waals surface area contributed by atoms with Crippen molar-refractivity contribution in [1.82, 2.24) is 19.3 Å². The smallest absolute Gasteiger partial charge is 0.417 e. The number of aromatic amines is 1. The molecule has 0 saturated carbocycles. The van der Waals surface area contributed by atoms with Gasteiger partial charge in [0.2, 0.25) is 5.88 Å². The highest BCUT2D eigenvalue weighted by Crippen LogP contribution is 2.25. The second-order valence-electron chi connectivity index (χ2n) is 4.00. The lowest BCUT2D eigenvalue weighted by atomic mass is 10.4. The van der Waals surface area contributed by atoms with E-state index in [1.807, 2.05) is 0 Å². The van der Waals surface area contributed by atoms with Crippen LogP contribution in [0, 0.1) is 0 Å². The number of alkyl halides is 5. The number of nitrogens with zero attached hydrogens (tertiary/aromatic N) is 3. The maximum atomic E-state index is 12.5. The lowest BCUT2D eigenvalue weighted by Crippen LogP contribution is -2.36. The van der Waals surface area contributed by atoms with E-state index in [2.05, 4.69) is 9.84 Å². The Morgan fingerprint density at radius 3 is 2.41 bits per heavy atom. The summed E-state index contributed by atoms with van der Waals surface area (Å²) >= 11 is 0. The molecule has 0 atom stereocenters. The van der Waals surface area contributed by atoms with Gasteiger partial charge in [0.1, 0.15) is 5.69 Å². The Morgan fingerprint density at radius 2 is 1.91 bits per heavy atom. The van der Waals surface area contributed by atoms with E-state index in [1.54, 1.807) is 0 Å². The third-order valence-corrected chi connectivity index (χ3v) is 2.50. The summed E-state index contributed by atoms with van der Waals surface area (Å²) in [6.45, 7) is -3.18. The first-order chi connectivity index (χ1) is 10.1. The second-order valence-corrected chi connectivity index (χ2v) is 4.00. The molecule has 22 heavy (non-hydrogen) atoms. The zero-order chi connectivity index (χ0) is 16.7. The molecule has 0 aromatic carbocycles. The van der Waals surface area contributed by atoms with Crippen molar-refractivity contribution >= 4 is 0 Å². The van der Waals surface area contributed by atoms with E-state index in [9.17, 15) is 31.5 Å². The maximum Gasteiger partial charge on any atom is 0.431 e. The second kappa shape index (κ2) is 5.27. The molecule has 7 nitrogen and oxygen atoms in total. The fourth-order valence-corrected chi connectivity index (χ4v) is 1.61. The van der Waals surface area contributed by atoms with Crippen molar-refractivity contribution in [2.45, 2.75) is 12.8 Å². The Bertz CT molecular complexity index is 773. The molecule has 2 aromatic rings. The Labute approximate surface area is 117 Å². The Hall–Kier alpha value is -2.66. The van der Waals surface area contributed by atoms with Gasteiger partial charge in [0, 0.05) is 19.2 Å². The summed E-state index contributed by atoms with van der Waals surface area (Å²) in [6, 6.07) is 0.972. The minimum Gasteiger partial charge on any atom is -0.417 e. The van der Waals surface area contributed by atoms with Crippen LogP contribution in [0.15, 0.2) is 21.7 Å². The molecular weight excluding hydrogens is 319 g/mol. The van der Waals surface area contributed by atoms with Gasteiger partial charge in [-0.25, -0.2) is 14.0 Å². The van der Waals surface area contributed by atoms with Crippen LogP contribution in [0.5, 0.6) is 5.88 Å². The molecule has 0 bridgehead atoms. The van der Waals surface area contributed by atoms with Gasteiger partial charge in [-0.2, -0.15) is 27.1 Å². The SMILES string of the molecule is Cn1nc(-n2c(=O)cc(C(F)(F)F)[nH]c2=O)cc1OC(F)F. The highest BCUT2D eigenvalue weighted by Gasteiger charge is 2.33. The molecule has 2 aromatic heterocycles.